The summed E-state index contributed by atoms with van der Waals surface area (Å²) in [6.07, 6.45) is 2.34. The lowest BCUT2D eigenvalue weighted by Crippen LogP contribution is -2.35. The molecule has 158 valence electrons. The van der Waals surface area contributed by atoms with Crippen LogP contribution in [-0.4, -0.2) is 58.5 Å². The van der Waals surface area contributed by atoms with E-state index in [0.29, 0.717) is 36.6 Å². The number of fused-ring (bicyclic) bond motifs is 1. The van der Waals surface area contributed by atoms with Crippen molar-refractivity contribution in [1.82, 2.24) is 19.0 Å². The number of nitrogens with zero attached hydrogens (tertiary/aromatic N) is 5. The van der Waals surface area contributed by atoms with Crippen molar-refractivity contribution >= 4 is 26.6 Å². The van der Waals surface area contributed by atoms with E-state index in [1.54, 1.807) is 33.4 Å². The first kappa shape index (κ1) is 20.5. The largest absolute Gasteiger partial charge is 0.283 e. The maximum Gasteiger partial charge on any atom is 0.270 e. The van der Waals surface area contributed by atoms with E-state index >= 15 is 0 Å². The van der Waals surface area contributed by atoms with Gasteiger partial charge in [0, 0.05) is 43.7 Å². The predicted molar refractivity (Wildman–Crippen MR) is 113 cm³/mol. The number of nitro benzene ring substituents is 1. The quantitative estimate of drug-likeness (QED) is 0.456. The lowest BCUT2D eigenvalue weighted by molar-refractivity contribution is -0.384. The second kappa shape index (κ2) is 8.13. The first-order chi connectivity index (χ1) is 14.3. The van der Waals surface area contributed by atoms with Crippen LogP contribution in [0.25, 0.3) is 10.9 Å². The molecule has 0 saturated carbocycles. The third-order valence-electron chi connectivity index (χ3n) is 5.38. The Bertz CT molecular complexity index is 1170. The van der Waals surface area contributed by atoms with Crippen molar-refractivity contribution in [1.29, 1.82) is 0 Å². The van der Waals surface area contributed by atoms with Gasteiger partial charge >= 0.3 is 0 Å². The van der Waals surface area contributed by atoms with Gasteiger partial charge in [0.1, 0.15) is 0 Å². The molecule has 30 heavy (non-hydrogen) atoms. The van der Waals surface area contributed by atoms with Crippen molar-refractivity contribution in [3.05, 3.63) is 64.3 Å². The van der Waals surface area contributed by atoms with Crippen molar-refractivity contribution < 1.29 is 13.3 Å². The van der Waals surface area contributed by atoms with Crippen LogP contribution in [0.3, 0.4) is 0 Å². The Balaban J connectivity index is 1.46. The molecule has 1 fully saturated rings. The molecule has 1 aromatic heterocycles. The summed E-state index contributed by atoms with van der Waals surface area (Å²) in [5.74, 6) is 0. The molecule has 0 unspecified atom stereocenters. The number of sulfonamides is 1. The van der Waals surface area contributed by atoms with Gasteiger partial charge in [-0.1, -0.05) is 17.7 Å². The van der Waals surface area contributed by atoms with Crippen LogP contribution in [0.2, 0.25) is 0 Å². The summed E-state index contributed by atoms with van der Waals surface area (Å²) in [5.41, 5.74) is 1.87. The molecule has 2 heterocycles. The Morgan fingerprint density at radius 2 is 1.83 bits per heavy atom. The Morgan fingerprint density at radius 3 is 2.57 bits per heavy atom. The highest BCUT2D eigenvalue weighted by Crippen LogP contribution is 2.22. The fourth-order valence-electron chi connectivity index (χ4n) is 3.68. The Labute approximate surface area is 174 Å². The summed E-state index contributed by atoms with van der Waals surface area (Å²) in [6, 6.07) is 11.6. The van der Waals surface area contributed by atoms with Crippen molar-refractivity contribution in [2.24, 2.45) is 0 Å². The molecule has 1 aliphatic rings. The van der Waals surface area contributed by atoms with Gasteiger partial charge in [-0.15, -0.1) is 0 Å². The molecule has 0 aliphatic carbocycles. The number of hydrogen-bond acceptors (Lipinski definition) is 6. The zero-order valence-corrected chi connectivity index (χ0v) is 17.5. The van der Waals surface area contributed by atoms with Gasteiger partial charge in [0.05, 0.1) is 28.2 Å². The summed E-state index contributed by atoms with van der Waals surface area (Å²) >= 11 is 0. The molecule has 1 saturated heterocycles. The minimum atomic E-state index is -3.51. The molecule has 0 atom stereocenters. The average molecular weight is 430 g/mol. The van der Waals surface area contributed by atoms with Gasteiger partial charge in [-0.25, -0.2) is 8.42 Å². The number of hydrogen-bond donors (Lipinski definition) is 0. The van der Waals surface area contributed by atoms with Crippen LogP contribution in [0.5, 0.6) is 0 Å². The van der Waals surface area contributed by atoms with Crippen LogP contribution >= 0.6 is 0 Å². The van der Waals surface area contributed by atoms with E-state index in [1.807, 2.05) is 19.1 Å². The summed E-state index contributed by atoms with van der Waals surface area (Å²) in [4.78, 5) is 13.0. The number of non-ortho nitro benzene ring substituents is 1. The van der Waals surface area contributed by atoms with Crippen LogP contribution in [0.15, 0.2) is 53.6 Å². The van der Waals surface area contributed by atoms with Crippen LogP contribution in [0.1, 0.15) is 12.0 Å². The highest BCUT2D eigenvalue weighted by atomic mass is 32.2. The summed E-state index contributed by atoms with van der Waals surface area (Å²) in [7, 11) is -3.51. The van der Waals surface area contributed by atoms with Crippen LogP contribution < -0.4 is 0 Å². The molecule has 4 rings (SSSR count). The maximum atomic E-state index is 13.0. The molecule has 2 aromatic carbocycles. The van der Waals surface area contributed by atoms with Crippen molar-refractivity contribution in [3.8, 4) is 0 Å². The lowest BCUT2D eigenvalue weighted by atomic mass is 10.2. The van der Waals surface area contributed by atoms with Gasteiger partial charge in [0.2, 0.25) is 10.0 Å². The van der Waals surface area contributed by atoms with Gasteiger partial charge in [0.25, 0.3) is 5.69 Å². The highest BCUT2D eigenvalue weighted by Gasteiger charge is 2.27. The van der Waals surface area contributed by atoms with Crippen LogP contribution in [0, 0.1) is 17.0 Å². The summed E-state index contributed by atoms with van der Waals surface area (Å²) in [5, 5.41) is 16.0. The molecule has 10 heteroatoms. The minimum Gasteiger partial charge on any atom is -0.283 e. The van der Waals surface area contributed by atoms with Gasteiger partial charge in [0.15, 0.2) is 0 Å². The Morgan fingerprint density at radius 1 is 1.07 bits per heavy atom. The molecule has 9 nitrogen and oxygen atoms in total. The van der Waals surface area contributed by atoms with E-state index < -0.39 is 14.9 Å². The number of nitro groups is 1. The third kappa shape index (κ3) is 4.07. The Kier molecular flexibility index (Phi) is 5.54. The molecule has 0 bridgehead atoms. The molecule has 0 amide bonds. The lowest BCUT2D eigenvalue weighted by Gasteiger charge is -2.22. The standard InChI is InChI=1S/C20H23N5O4S/c1-16-3-6-19(7-4-16)30(28,29)23-10-2-9-22(11-12-23)15-24-20-8-5-18(25(26)27)13-17(20)14-21-24/h3-8,13-14H,2,9-12,15H2,1H3. The monoisotopic (exact) mass is 429 g/mol. The first-order valence-electron chi connectivity index (χ1n) is 9.74. The van der Waals surface area contributed by atoms with E-state index in [0.717, 1.165) is 24.0 Å². The van der Waals surface area contributed by atoms with E-state index in [9.17, 15) is 18.5 Å². The smallest absolute Gasteiger partial charge is 0.270 e. The van der Waals surface area contributed by atoms with Gasteiger partial charge in [-0.3, -0.25) is 19.7 Å². The van der Waals surface area contributed by atoms with E-state index in [1.165, 1.54) is 12.1 Å². The molecular formula is C20H23N5O4S. The number of rotatable bonds is 5. The SMILES string of the molecule is Cc1ccc(S(=O)(=O)N2CCCN(Cn3ncc4cc([N+](=O)[O-])ccc43)CC2)cc1. The highest BCUT2D eigenvalue weighted by molar-refractivity contribution is 7.89. The second-order valence-electron chi connectivity index (χ2n) is 7.47. The molecule has 0 radical (unpaired) electrons. The molecule has 0 spiro atoms. The molecule has 1 aliphatic heterocycles. The minimum absolute atomic E-state index is 0.0359. The zero-order valence-electron chi connectivity index (χ0n) is 16.6. The normalized spacial score (nSPS) is 16.6. The third-order valence-corrected chi connectivity index (χ3v) is 7.29. The number of benzene rings is 2. The van der Waals surface area contributed by atoms with Gasteiger partial charge in [-0.05, 0) is 31.5 Å². The van der Waals surface area contributed by atoms with Crippen LogP contribution in [0.4, 0.5) is 5.69 Å². The van der Waals surface area contributed by atoms with E-state index in [-0.39, 0.29) is 5.69 Å². The fraction of sp³-hybridized carbons (Fsp3) is 0.350. The van der Waals surface area contributed by atoms with Crippen molar-refractivity contribution in [2.75, 3.05) is 26.2 Å². The van der Waals surface area contributed by atoms with Crippen molar-refractivity contribution in [2.45, 2.75) is 24.9 Å². The number of aryl methyl sites for hydroxylation is 1. The molecule has 0 N–H and O–H groups in total. The summed E-state index contributed by atoms with van der Waals surface area (Å²) < 4.78 is 29.3. The van der Waals surface area contributed by atoms with E-state index in [4.69, 9.17) is 0 Å². The second-order valence-corrected chi connectivity index (χ2v) is 9.41. The van der Waals surface area contributed by atoms with Crippen molar-refractivity contribution in [3.63, 3.8) is 0 Å². The topological polar surface area (TPSA) is 102 Å². The average Bonchev–Trinajstić information content (AvgIpc) is 2.95. The predicted octanol–water partition coefficient (Wildman–Crippen LogP) is 2.61. The van der Waals surface area contributed by atoms with E-state index in [2.05, 4.69) is 10.00 Å². The van der Waals surface area contributed by atoms with Gasteiger partial charge < -0.3 is 0 Å². The number of aromatic nitrogens is 2. The zero-order chi connectivity index (χ0) is 21.3. The van der Waals surface area contributed by atoms with Crippen LogP contribution in [-0.2, 0) is 16.7 Å². The summed E-state index contributed by atoms with van der Waals surface area (Å²) in [6.45, 7) is 4.63. The first-order valence-corrected chi connectivity index (χ1v) is 11.2. The molecule has 3 aromatic rings. The van der Waals surface area contributed by atoms with Gasteiger partial charge in [-0.2, -0.15) is 9.40 Å². The fourth-order valence-corrected chi connectivity index (χ4v) is 5.15. The maximum absolute atomic E-state index is 13.0. The molecular weight excluding hydrogens is 406 g/mol. The Hall–Kier alpha value is -2.82.